The highest BCUT2D eigenvalue weighted by molar-refractivity contribution is 7.17. The summed E-state index contributed by atoms with van der Waals surface area (Å²) in [6.45, 7) is 3.62. The summed E-state index contributed by atoms with van der Waals surface area (Å²) in [5.74, 6) is 0.400. The van der Waals surface area contributed by atoms with Crippen molar-refractivity contribution in [2.45, 2.75) is 58.5 Å². The van der Waals surface area contributed by atoms with E-state index in [1.54, 1.807) is 16.7 Å². The molecular formula is C25H30ClN3O3S. The van der Waals surface area contributed by atoms with Gasteiger partial charge in [-0.3, -0.25) is 18.7 Å². The molecule has 176 valence electrons. The molecule has 1 saturated carbocycles. The Kier molecular flexibility index (Phi) is 7.71. The second kappa shape index (κ2) is 10.7. The molecule has 0 aliphatic heterocycles. The van der Waals surface area contributed by atoms with Crippen LogP contribution in [-0.2, 0) is 17.9 Å². The summed E-state index contributed by atoms with van der Waals surface area (Å²) in [4.78, 5) is 38.9. The van der Waals surface area contributed by atoms with Crippen molar-refractivity contribution in [3.8, 4) is 0 Å². The zero-order valence-corrected chi connectivity index (χ0v) is 20.5. The first-order valence-corrected chi connectivity index (χ1v) is 13.0. The van der Waals surface area contributed by atoms with Gasteiger partial charge in [-0.1, -0.05) is 37.1 Å². The van der Waals surface area contributed by atoms with Gasteiger partial charge < -0.3 is 5.32 Å². The van der Waals surface area contributed by atoms with Crippen LogP contribution in [0.2, 0.25) is 5.02 Å². The lowest BCUT2D eigenvalue weighted by molar-refractivity contribution is -0.126. The molecule has 0 radical (unpaired) electrons. The molecule has 33 heavy (non-hydrogen) atoms. The highest BCUT2D eigenvalue weighted by Crippen LogP contribution is 2.30. The third-order valence-electron chi connectivity index (χ3n) is 6.58. The molecule has 1 aliphatic carbocycles. The summed E-state index contributed by atoms with van der Waals surface area (Å²) in [6.07, 6.45) is 5.35. The first kappa shape index (κ1) is 23.8. The molecule has 0 spiro atoms. The Bertz CT molecular complexity index is 1220. The molecule has 1 N–H and O–H groups in total. The Morgan fingerprint density at radius 1 is 1.09 bits per heavy atom. The van der Waals surface area contributed by atoms with Crippen molar-refractivity contribution in [2.75, 3.05) is 6.54 Å². The quantitative estimate of drug-likeness (QED) is 0.470. The van der Waals surface area contributed by atoms with Crippen LogP contribution in [0.1, 0.15) is 51.0 Å². The highest BCUT2D eigenvalue weighted by atomic mass is 35.5. The number of hydrogen-bond acceptors (Lipinski definition) is 4. The number of aromatic nitrogens is 2. The molecule has 4 rings (SSSR count). The van der Waals surface area contributed by atoms with E-state index in [1.807, 2.05) is 23.6 Å². The lowest BCUT2D eigenvalue weighted by Gasteiger charge is -2.28. The van der Waals surface area contributed by atoms with Crippen molar-refractivity contribution >= 4 is 39.1 Å². The fourth-order valence-corrected chi connectivity index (χ4v) is 5.59. The molecule has 0 saturated heterocycles. The zero-order chi connectivity index (χ0) is 23.4. The number of fused-ring (bicyclic) bond motifs is 1. The minimum Gasteiger partial charge on any atom is -0.356 e. The average molecular weight is 488 g/mol. The van der Waals surface area contributed by atoms with E-state index >= 15 is 0 Å². The topological polar surface area (TPSA) is 73.1 Å². The van der Waals surface area contributed by atoms with Crippen molar-refractivity contribution in [2.24, 2.45) is 11.8 Å². The number of hydrogen-bond donors (Lipinski definition) is 1. The summed E-state index contributed by atoms with van der Waals surface area (Å²) in [5, 5.41) is 5.54. The molecule has 2 aromatic heterocycles. The standard InChI is InChI=1S/C25H30ClN3O3S/c1-2-3-13-27-23(30)19-8-4-17(5-9-19)16-29-24(31)22-21(12-14-33-22)28(25(29)32)15-18-6-10-20(26)11-7-18/h6-7,10-12,14,17,19H,2-5,8-9,13,15-16H2,1H3,(H,27,30). The fraction of sp³-hybridized carbons (Fsp3) is 0.480. The lowest BCUT2D eigenvalue weighted by Crippen LogP contribution is -2.42. The van der Waals surface area contributed by atoms with Gasteiger partial charge in [-0.2, -0.15) is 0 Å². The van der Waals surface area contributed by atoms with Crippen LogP contribution in [0.15, 0.2) is 45.3 Å². The summed E-state index contributed by atoms with van der Waals surface area (Å²) in [5.41, 5.74) is 1.14. The first-order valence-electron chi connectivity index (χ1n) is 11.7. The van der Waals surface area contributed by atoms with Gasteiger partial charge in [0, 0.05) is 24.0 Å². The van der Waals surface area contributed by atoms with Crippen molar-refractivity contribution < 1.29 is 4.79 Å². The second-order valence-electron chi connectivity index (χ2n) is 8.91. The van der Waals surface area contributed by atoms with E-state index in [0.717, 1.165) is 50.6 Å². The molecule has 8 heteroatoms. The van der Waals surface area contributed by atoms with Gasteiger partial charge in [0.15, 0.2) is 0 Å². The van der Waals surface area contributed by atoms with E-state index in [0.29, 0.717) is 28.3 Å². The zero-order valence-electron chi connectivity index (χ0n) is 18.9. The number of thiophene rings is 1. The second-order valence-corrected chi connectivity index (χ2v) is 10.3. The highest BCUT2D eigenvalue weighted by Gasteiger charge is 2.27. The predicted octanol–water partition coefficient (Wildman–Crippen LogP) is 4.65. The SMILES string of the molecule is CCCCNC(=O)C1CCC(Cn2c(=O)c3sccc3n(Cc3ccc(Cl)cc3)c2=O)CC1. The largest absolute Gasteiger partial charge is 0.356 e. The number of unbranched alkanes of at least 4 members (excludes halogenated alkanes) is 1. The number of halogens is 1. The lowest BCUT2D eigenvalue weighted by atomic mass is 9.81. The van der Waals surface area contributed by atoms with E-state index in [4.69, 9.17) is 11.6 Å². The minimum absolute atomic E-state index is 0.0381. The van der Waals surface area contributed by atoms with Crippen molar-refractivity contribution in [1.82, 2.24) is 14.5 Å². The van der Waals surface area contributed by atoms with Crippen LogP contribution in [0.4, 0.5) is 0 Å². The number of nitrogens with one attached hydrogen (secondary N) is 1. The van der Waals surface area contributed by atoms with Gasteiger partial charge in [0.2, 0.25) is 5.91 Å². The molecule has 0 atom stereocenters. The molecule has 1 aromatic carbocycles. The molecule has 6 nitrogen and oxygen atoms in total. The van der Waals surface area contributed by atoms with Crippen molar-refractivity contribution in [3.63, 3.8) is 0 Å². The normalized spacial score (nSPS) is 18.5. The Morgan fingerprint density at radius 3 is 2.52 bits per heavy atom. The van der Waals surface area contributed by atoms with E-state index in [9.17, 15) is 14.4 Å². The van der Waals surface area contributed by atoms with Crippen molar-refractivity contribution in [1.29, 1.82) is 0 Å². The monoisotopic (exact) mass is 487 g/mol. The summed E-state index contributed by atoms with van der Waals surface area (Å²) < 4.78 is 3.69. The smallest absolute Gasteiger partial charge is 0.331 e. The van der Waals surface area contributed by atoms with Crippen LogP contribution in [0.5, 0.6) is 0 Å². The Hall–Kier alpha value is -2.38. The maximum atomic E-state index is 13.4. The van der Waals surface area contributed by atoms with Gasteiger partial charge in [-0.25, -0.2) is 4.79 Å². The molecule has 3 aromatic rings. The van der Waals surface area contributed by atoms with Crippen LogP contribution < -0.4 is 16.6 Å². The fourth-order valence-electron chi connectivity index (χ4n) is 4.62. The van der Waals surface area contributed by atoms with Crippen LogP contribution in [0, 0.1) is 11.8 Å². The Labute approximate surface area is 202 Å². The van der Waals surface area contributed by atoms with E-state index in [1.165, 1.54) is 15.9 Å². The number of rotatable bonds is 8. The maximum absolute atomic E-state index is 13.4. The third-order valence-corrected chi connectivity index (χ3v) is 7.72. The van der Waals surface area contributed by atoms with Gasteiger partial charge in [-0.15, -0.1) is 11.3 Å². The number of benzene rings is 1. The third kappa shape index (κ3) is 5.41. The van der Waals surface area contributed by atoms with Crippen LogP contribution in [-0.4, -0.2) is 21.6 Å². The van der Waals surface area contributed by atoms with Gasteiger partial charge in [0.1, 0.15) is 4.70 Å². The molecule has 2 heterocycles. The van der Waals surface area contributed by atoms with E-state index < -0.39 is 0 Å². The molecular weight excluding hydrogens is 458 g/mol. The number of amides is 1. The van der Waals surface area contributed by atoms with Gasteiger partial charge in [0.05, 0.1) is 12.1 Å². The van der Waals surface area contributed by atoms with Crippen molar-refractivity contribution in [3.05, 3.63) is 67.1 Å². The minimum atomic E-state index is -0.278. The van der Waals surface area contributed by atoms with Crippen LogP contribution in [0.3, 0.4) is 0 Å². The Balaban J connectivity index is 1.52. The average Bonchev–Trinajstić information content (AvgIpc) is 3.31. The number of carbonyl (C=O) groups is 1. The molecule has 0 unspecified atom stereocenters. The molecule has 1 aliphatic rings. The molecule has 1 fully saturated rings. The molecule has 1 amide bonds. The number of nitrogens with zero attached hydrogens (tertiary/aromatic N) is 2. The number of carbonyl (C=O) groups excluding carboxylic acids is 1. The summed E-state index contributed by atoms with van der Waals surface area (Å²) >= 11 is 7.37. The van der Waals surface area contributed by atoms with Gasteiger partial charge in [0.25, 0.3) is 5.56 Å². The van der Waals surface area contributed by atoms with Gasteiger partial charge in [-0.05, 0) is 67.2 Å². The molecule has 0 bridgehead atoms. The van der Waals surface area contributed by atoms with Crippen LogP contribution >= 0.6 is 22.9 Å². The Morgan fingerprint density at radius 2 is 1.82 bits per heavy atom. The summed E-state index contributed by atoms with van der Waals surface area (Å²) in [7, 11) is 0. The first-order chi connectivity index (χ1) is 16.0. The predicted molar refractivity (Wildman–Crippen MR) is 134 cm³/mol. The van der Waals surface area contributed by atoms with E-state index in [-0.39, 0.29) is 29.0 Å². The van der Waals surface area contributed by atoms with Gasteiger partial charge >= 0.3 is 5.69 Å². The van der Waals surface area contributed by atoms with E-state index in [2.05, 4.69) is 12.2 Å². The summed E-state index contributed by atoms with van der Waals surface area (Å²) in [6, 6.07) is 9.25. The van der Waals surface area contributed by atoms with Crippen LogP contribution in [0.25, 0.3) is 10.2 Å². The maximum Gasteiger partial charge on any atom is 0.331 e.